The molecule has 0 atom stereocenters. The number of nitrogens with one attached hydrogen (secondary N) is 2. The Morgan fingerprint density at radius 2 is 1.89 bits per heavy atom. The van der Waals surface area contributed by atoms with Crippen molar-refractivity contribution >= 4 is 11.8 Å². The predicted molar refractivity (Wildman–Crippen MR) is 78.2 cm³/mol. The van der Waals surface area contributed by atoms with Gasteiger partial charge in [-0.25, -0.2) is 4.98 Å². The molecule has 0 aliphatic rings. The largest absolute Gasteiger partial charge is 0.368 e. The van der Waals surface area contributed by atoms with Crippen molar-refractivity contribution < 1.29 is 0 Å². The van der Waals surface area contributed by atoms with Crippen molar-refractivity contribution in [2.24, 2.45) is 0 Å². The zero-order valence-electron chi connectivity index (χ0n) is 11.5. The molecule has 5 heteroatoms. The summed E-state index contributed by atoms with van der Waals surface area (Å²) in [6.07, 6.45) is 3.53. The van der Waals surface area contributed by atoms with E-state index in [2.05, 4.69) is 39.4 Å². The van der Waals surface area contributed by atoms with Crippen molar-refractivity contribution in [3.63, 3.8) is 0 Å². The highest BCUT2D eigenvalue weighted by atomic mass is 15.1. The number of nitrogens with zero attached hydrogens (tertiary/aromatic N) is 3. The molecule has 0 amide bonds. The van der Waals surface area contributed by atoms with E-state index in [9.17, 15) is 0 Å². The predicted octanol–water partition coefficient (Wildman–Crippen LogP) is 2.79. The van der Waals surface area contributed by atoms with Gasteiger partial charge in [0, 0.05) is 36.6 Å². The minimum Gasteiger partial charge on any atom is -0.368 e. The second-order valence-electron chi connectivity index (χ2n) is 4.53. The van der Waals surface area contributed by atoms with Crippen LogP contribution in [0, 0.1) is 0 Å². The summed E-state index contributed by atoms with van der Waals surface area (Å²) in [5.74, 6) is 1.47. The van der Waals surface area contributed by atoms with Gasteiger partial charge in [-0.15, -0.1) is 0 Å². The fourth-order valence-corrected chi connectivity index (χ4v) is 1.72. The van der Waals surface area contributed by atoms with E-state index in [-0.39, 0.29) is 0 Å². The van der Waals surface area contributed by atoms with Gasteiger partial charge in [0.2, 0.25) is 5.95 Å². The van der Waals surface area contributed by atoms with Crippen LogP contribution in [0.1, 0.15) is 20.8 Å². The zero-order valence-corrected chi connectivity index (χ0v) is 11.5. The normalized spacial score (nSPS) is 10.5. The van der Waals surface area contributed by atoms with Crippen LogP contribution in [0.4, 0.5) is 11.8 Å². The minimum absolute atomic E-state index is 0.328. The smallest absolute Gasteiger partial charge is 0.225 e. The third-order valence-corrected chi connectivity index (χ3v) is 2.47. The molecule has 0 radical (unpaired) electrons. The van der Waals surface area contributed by atoms with Gasteiger partial charge >= 0.3 is 0 Å². The molecule has 0 unspecified atom stereocenters. The maximum absolute atomic E-state index is 4.51. The van der Waals surface area contributed by atoms with E-state index in [1.165, 1.54) is 0 Å². The Hall–Kier alpha value is -2.17. The van der Waals surface area contributed by atoms with Gasteiger partial charge in [-0.3, -0.25) is 4.98 Å². The Bertz CT molecular complexity index is 525. The molecule has 19 heavy (non-hydrogen) atoms. The number of aromatic nitrogens is 3. The molecule has 2 aromatic rings. The number of hydrogen-bond donors (Lipinski definition) is 2. The molecule has 0 saturated heterocycles. The van der Waals surface area contributed by atoms with Crippen molar-refractivity contribution in [3.8, 4) is 11.3 Å². The van der Waals surface area contributed by atoms with E-state index in [4.69, 9.17) is 0 Å². The van der Waals surface area contributed by atoms with Crippen molar-refractivity contribution in [2.45, 2.75) is 26.8 Å². The van der Waals surface area contributed by atoms with Crippen LogP contribution in [0.15, 0.2) is 30.6 Å². The summed E-state index contributed by atoms with van der Waals surface area (Å²) in [4.78, 5) is 13.0. The number of anilines is 2. The monoisotopic (exact) mass is 257 g/mol. The maximum Gasteiger partial charge on any atom is 0.225 e. The fraction of sp³-hybridized carbons (Fsp3) is 0.357. The minimum atomic E-state index is 0.328. The first-order valence-corrected chi connectivity index (χ1v) is 6.49. The van der Waals surface area contributed by atoms with Crippen LogP contribution >= 0.6 is 0 Å². The van der Waals surface area contributed by atoms with E-state index >= 15 is 0 Å². The topological polar surface area (TPSA) is 62.7 Å². The molecule has 0 fully saturated rings. The van der Waals surface area contributed by atoms with Gasteiger partial charge in [0.25, 0.3) is 0 Å². The molecule has 2 rings (SSSR count). The van der Waals surface area contributed by atoms with E-state index in [1.54, 1.807) is 12.4 Å². The van der Waals surface area contributed by atoms with Crippen LogP contribution in [0.25, 0.3) is 11.3 Å². The van der Waals surface area contributed by atoms with Gasteiger partial charge in [-0.2, -0.15) is 4.98 Å². The molecule has 0 aromatic carbocycles. The molecule has 0 bridgehead atoms. The molecule has 5 nitrogen and oxygen atoms in total. The number of pyridine rings is 1. The van der Waals surface area contributed by atoms with E-state index in [0.717, 1.165) is 23.6 Å². The summed E-state index contributed by atoms with van der Waals surface area (Å²) in [5, 5.41) is 6.46. The summed E-state index contributed by atoms with van der Waals surface area (Å²) >= 11 is 0. The highest BCUT2D eigenvalue weighted by molar-refractivity contribution is 5.63. The summed E-state index contributed by atoms with van der Waals surface area (Å²) < 4.78 is 0. The lowest BCUT2D eigenvalue weighted by Gasteiger charge is -2.12. The Labute approximate surface area is 113 Å². The molecule has 0 aliphatic carbocycles. The first-order valence-electron chi connectivity index (χ1n) is 6.49. The van der Waals surface area contributed by atoms with Crippen molar-refractivity contribution in [2.75, 3.05) is 17.2 Å². The van der Waals surface area contributed by atoms with Crippen LogP contribution in [0.2, 0.25) is 0 Å². The number of hydrogen-bond acceptors (Lipinski definition) is 5. The Morgan fingerprint density at radius 1 is 1.16 bits per heavy atom. The van der Waals surface area contributed by atoms with Gasteiger partial charge < -0.3 is 10.6 Å². The molecule has 2 heterocycles. The lowest BCUT2D eigenvalue weighted by atomic mass is 10.2. The lowest BCUT2D eigenvalue weighted by molar-refractivity contribution is 0.886. The Kier molecular flexibility index (Phi) is 4.28. The first-order chi connectivity index (χ1) is 9.19. The molecule has 100 valence electrons. The van der Waals surface area contributed by atoms with Crippen LogP contribution < -0.4 is 10.6 Å². The van der Waals surface area contributed by atoms with Crippen LogP contribution in [-0.2, 0) is 0 Å². The van der Waals surface area contributed by atoms with Crippen molar-refractivity contribution in [3.05, 3.63) is 30.6 Å². The van der Waals surface area contributed by atoms with Crippen LogP contribution in [0.3, 0.4) is 0 Å². The fourth-order valence-electron chi connectivity index (χ4n) is 1.72. The highest BCUT2D eigenvalue weighted by Crippen LogP contribution is 2.21. The van der Waals surface area contributed by atoms with Gasteiger partial charge in [-0.05, 0) is 32.9 Å². The summed E-state index contributed by atoms with van der Waals surface area (Å²) in [5.41, 5.74) is 1.92. The number of rotatable bonds is 5. The molecular weight excluding hydrogens is 238 g/mol. The first kappa shape index (κ1) is 13.3. The average Bonchev–Trinajstić information content (AvgIpc) is 2.39. The SMILES string of the molecule is CCNc1nc(NC(C)C)cc(-c2ccncc2)n1. The van der Waals surface area contributed by atoms with Gasteiger partial charge in [0.05, 0.1) is 5.69 Å². The lowest BCUT2D eigenvalue weighted by Crippen LogP contribution is -2.13. The van der Waals surface area contributed by atoms with E-state index in [1.807, 2.05) is 25.1 Å². The third kappa shape index (κ3) is 3.64. The van der Waals surface area contributed by atoms with Crippen LogP contribution in [0.5, 0.6) is 0 Å². The molecule has 0 saturated carbocycles. The van der Waals surface area contributed by atoms with Crippen LogP contribution in [-0.4, -0.2) is 27.5 Å². The summed E-state index contributed by atoms with van der Waals surface area (Å²) in [7, 11) is 0. The Morgan fingerprint density at radius 3 is 2.53 bits per heavy atom. The van der Waals surface area contributed by atoms with Crippen molar-refractivity contribution in [1.82, 2.24) is 15.0 Å². The summed E-state index contributed by atoms with van der Waals surface area (Å²) in [6.45, 7) is 6.99. The van der Waals surface area contributed by atoms with E-state index < -0.39 is 0 Å². The second-order valence-corrected chi connectivity index (χ2v) is 4.53. The third-order valence-electron chi connectivity index (χ3n) is 2.47. The maximum atomic E-state index is 4.51. The standard InChI is InChI=1S/C14H19N5/c1-4-16-14-18-12(11-5-7-15-8-6-11)9-13(19-14)17-10(2)3/h5-10H,4H2,1-3H3,(H2,16,17,18,19). The Balaban J connectivity index is 2.39. The zero-order chi connectivity index (χ0) is 13.7. The molecular formula is C14H19N5. The molecule has 2 N–H and O–H groups in total. The van der Waals surface area contributed by atoms with Gasteiger partial charge in [0.1, 0.15) is 5.82 Å². The van der Waals surface area contributed by atoms with Gasteiger partial charge in [0.15, 0.2) is 0 Å². The average molecular weight is 257 g/mol. The second kappa shape index (κ2) is 6.13. The van der Waals surface area contributed by atoms with E-state index in [0.29, 0.717) is 12.0 Å². The molecule has 0 spiro atoms. The van der Waals surface area contributed by atoms with Gasteiger partial charge in [-0.1, -0.05) is 0 Å². The quantitative estimate of drug-likeness (QED) is 0.862. The summed E-state index contributed by atoms with van der Waals surface area (Å²) in [6, 6.07) is 6.17. The molecule has 2 aromatic heterocycles. The molecule has 0 aliphatic heterocycles. The highest BCUT2D eigenvalue weighted by Gasteiger charge is 2.07. The van der Waals surface area contributed by atoms with Crippen molar-refractivity contribution in [1.29, 1.82) is 0 Å².